The highest BCUT2D eigenvalue weighted by molar-refractivity contribution is 5.94. The van der Waals surface area contributed by atoms with Crippen molar-refractivity contribution in [2.45, 2.75) is 25.1 Å². The minimum Gasteiger partial charge on any atom is -0.368 e. The molecule has 0 aliphatic carbocycles. The number of ether oxygens (including phenoxy) is 1. The monoisotopic (exact) mass is 325 g/mol. The van der Waals surface area contributed by atoms with E-state index in [2.05, 4.69) is 10.4 Å². The number of nitrogens with one attached hydrogen (secondary N) is 1. The van der Waals surface area contributed by atoms with Gasteiger partial charge in [-0.3, -0.25) is 4.79 Å². The Morgan fingerprint density at radius 1 is 1.39 bits per heavy atom. The standard InChI is InChI=1S/C15H14F3N3O2/c16-15(17,18)10-3-1-4-12(7-10)21-9-11(8-19-21)20-14(22)13-5-2-6-23-13/h1,3-4,7-9,13H,2,5-6H2,(H,20,22). The fraction of sp³-hybridized carbons (Fsp3) is 0.333. The van der Waals surface area contributed by atoms with Crippen LogP contribution in [-0.2, 0) is 15.7 Å². The summed E-state index contributed by atoms with van der Waals surface area (Å²) in [5, 5.41) is 6.63. The van der Waals surface area contributed by atoms with Crippen molar-refractivity contribution in [2.24, 2.45) is 0 Å². The second-order valence-electron chi connectivity index (χ2n) is 5.21. The molecule has 1 N–H and O–H groups in total. The number of amides is 1. The lowest BCUT2D eigenvalue weighted by Crippen LogP contribution is -2.26. The zero-order valence-electron chi connectivity index (χ0n) is 12.0. The minimum atomic E-state index is -4.42. The molecule has 1 fully saturated rings. The van der Waals surface area contributed by atoms with Gasteiger partial charge in [0.15, 0.2) is 0 Å². The average Bonchev–Trinajstić information content (AvgIpc) is 3.18. The van der Waals surface area contributed by atoms with Gasteiger partial charge in [0.2, 0.25) is 0 Å². The summed E-state index contributed by atoms with van der Waals surface area (Å²) < 4.78 is 44.7. The molecular weight excluding hydrogens is 311 g/mol. The average molecular weight is 325 g/mol. The molecule has 23 heavy (non-hydrogen) atoms. The van der Waals surface area contributed by atoms with E-state index in [0.29, 0.717) is 18.7 Å². The molecule has 0 saturated carbocycles. The van der Waals surface area contributed by atoms with Crippen LogP contribution in [0.1, 0.15) is 18.4 Å². The number of anilines is 1. The first-order chi connectivity index (χ1) is 10.9. The topological polar surface area (TPSA) is 56.2 Å². The number of halogens is 3. The molecule has 2 aromatic rings. The van der Waals surface area contributed by atoms with E-state index in [1.807, 2.05) is 0 Å². The van der Waals surface area contributed by atoms with Crippen LogP contribution in [0.4, 0.5) is 18.9 Å². The molecule has 0 radical (unpaired) electrons. The van der Waals surface area contributed by atoms with Crippen molar-refractivity contribution in [2.75, 3.05) is 11.9 Å². The molecule has 1 amide bonds. The second-order valence-corrected chi connectivity index (χ2v) is 5.21. The van der Waals surface area contributed by atoms with Gasteiger partial charge in [-0.1, -0.05) is 6.07 Å². The van der Waals surface area contributed by atoms with Gasteiger partial charge in [-0.2, -0.15) is 18.3 Å². The minimum absolute atomic E-state index is 0.262. The number of hydrogen-bond acceptors (Lipinski definition) is 3. The molecule has 2 heterocycles. The Labute approximate surface area is 130 Å². The number of nitrogens with zero attached hydrogens (tertiary/aromatic N) is 2. The fourth-order valence-electron chi connectivity index (χ4n) is 2.36. The Bertz CT molecular complexity index is 706. The molecule has 0 bridgehead atoms. The lowest BCUT2D eigenvalue weighted by Gasteiger charge is -2.09. The molecule has 1 aromatic heterocycles. The Morgan fingerprint density at radius 2 is 2.22 bits per heavy atom. The third-order valence-electron chi connectivity index (χ3n) is 3.51. The quantitative estimate of drug-likeness (QED) is 0.944. The van der Waals surface area contributed by atoms with Crippen LogP contribution in [0.2, 0.25) is 0 Å². The predicted molar refractivity (Wildman–Crippen MR) is 76.2 cm³/mol. The maximum Gasteiger partial charge on any atom is 0.416 e. The van der Waals surface area contributed by atoms with E-state index in [-0.39, 0.29) is 11.6 Å². The van der Waals surface area contributed by atoms with Crippen LogP contribution < -0.4 is 5.32 Å². The lowest BCUT2D eigenvalue weighted by atomic mass is 10.2. The zero-order valence-corrected chi connectivity index (χ0v) is 12.0. The van der Waals surface area contributed by atoms with E-state index < -0.39 is 17.8 Å². The highest BCUT2D eigenvalue weighted by Crippen LogP contribution is 2.30. The van der Waals surface area contributed by atoms with Crippen molar-refractivity contribution in [3.8, 4) is 5.69 Å². The van der Waals surface area contributed by atoms with Crippen LogP contribution in [0.5, 0.6) is 0 Å². The van der Waals surface area contributed by atoms with E-state index >= 15 is 0 Å². The third kappa shape index (κ3) is 3.53. The number of hydrogen-bond donors (Lipinski definition) is 1. The molecular formula is C15H14F3N3O2. The number of benzene rings is 1. The Morgan fingerprint density at radius 3 is 2.91 bits per heavy atom. The van der Waals surface area contributed by atoms with Crippen LogP contribution in [-0.4, -0.2) is 28.4 Å². The van der Waals surface area contributed by atoms with Gasteiger partial charge in [0.25, 0.3) is 5.91 Å². The molecule has 1 atom stereocenters. The SMILES string of the molecule is O=C(Nc1cnn(-c2cccc(C(F)(F)F)c2)c1)C1CCCO1. The first-order valence-corrected chi connectivity index (χ1v) is 7.08. The maximum absolute atomic E-state index is 12.7. The van der Waals surface area contributed by atoms with Gasteiger partial charge in [-0.25, -0.2) is 4.68 Å². The summed E-state index contributed by atoms with van der Waals surface area (Å²) in [5.74, 6) is -0.272. The molecule has 5 nitrogen and oxygen atoms in total. The van der Waals surface area contributed by atoms with Crippen molar-refractivity contribution < 1.29 is 22.7 Å². The zero-order chi connectivity index (χ0) is 16.4. The fourth-order valence-corrected chi connectivity index (χ4v) is 2.36. The van der Waals surface area contributed by atoms with Crippen LogP contribution in [0.3, 0.4) is 0 Å². The van der Waals surface area contributed by atoms with Gasteiger partial charge >= 0.3 is 6.18 Å². The lowest BCUT2D eigenvalue weighted by molar-refractivity contribution is -0.137. The summed E-state index contributed by atoms with van der Waals surface area (Å²) in [4.78, 5) is 11.9. The maximum atomic E-state index is 12.7. The third-order valence-corrected chi connectivity index (χ3v) is 3.51. The largest absolute Gasteiger partial charge is 0.416 e. The molecule has 1 aliphatic heterocycles. The second kappa shape index (κ2) is 6.04. The van der Waals surface area contributed by atoms with Crippen molar-refractivity contribution in [3.05, 3.63) is 42.2 Å². The van der Waals surface area contributed by atoms with Crippen LogP contribution in [0.15, 0.2) is 36.7 Å². The van der Waals surface area contributed by atoms with Crippen molar-refractivity contribution in [1.82, 2.24) is 9.78 Å². The molecule has 1 saturated heterocycles. The van der Waals surface area contributed by atoms with E-state index in [1.54, 1.807) is 0 Å². The summed E-state index contributed by atoms with van der Waals surface area (Å²) in [7, 11) is 0. The number of aromatic nitrogens is 2. The number of rotatable bonds is 3. The molecule has 0 spiro atoms. The Hall–Kier alpha value is -2.35. The summed E-state index contributed by atoms with van der Waals surface area (Å²) >= 11 is 0. The van der Waals surface area contributed by atoms with E-state index in [1.165, 1.54) is 29.2 Å². The van der Waals surface area contributed by atoms with Crippen LogP contribution >= 0.6 is 0 Å². The first kappa shape index (κ1) is 15.5. The first-order valence-electron chi connectivity index (χ1n) is 7.08. The molecule has 3 rings (SSSR count). The smallest absolute Gasteiger partial charge is 0.368 e. The van der Waals surface area contributed by atoms with Gasteiger partial charge in [0, 0.05) is 6.61 Å². The van der Waals surface area contributed by atoms with Crippen LogP contribution in [0, 0.1) is 0 Å². The van der Waals surface area contributed by atoms with Gasteiger partial charge in [-0.15, -0.1) is 0 Å². The van der Waals surface area contributed by atoms with E-state index in [0.717, 1.165) is 18.6 Å². The summed E-state index contributed by atoms with van der Waals surface area (Å²) in [6.07, 6.45) is -0.558. The summed E-state index contributed by atoms with van der Waals surface area (Å²) in [5.41, 5.74) is -0.0872. The molecule has 122 valence electrons. The Kier molecular flexibility index (Phi) is 4.08. The van der Waals surface area contributed by atoms with Crippen molar-refractivity contribution in [3.63, 3.8) is 0 Å². The molecule has 1 unspecified atom stereocenters. The van der Waals surface area contributed by atoms with E-state index in [4.69, 9.17) is 4.74 Å². The van der Waals surface area contributed by atoms with Gasteiger partial charge in [0.05, 0.1) is 29.3 Å². The highest BCUT2D eigenvalue weighted by Gasteiger charge is 2.30. The van der Waals surface area contributed by atoms with E-state index in [9.17, 15) is 18.0 Å². The molecule has 1 aromatic carbocycles. The predicted octanol–water partition coefficient (Wildman–Crippen LogP) is 3.01. The Balaban J connectivity index is 1.75. The van der Waals surface area contributed by atoms with Crippen molar-refractivity contribution in [1.29, 1.82) is 0 Å². The summed E-state index contributed by atoms with van der Waals surface area (Å²) in [6.45, 7) is 0.557. The number of carbonyl (C=O) groups is 1. The highest BCUT2D eigenvalue weighted by atomic mass is 19.4. The normalized spacial score (nSPS) is 18.1. The van der Waals surface area contributed by atoms with Gasteiger partial charge < -0.3 is 10.1 Å². The number of alkyl halides is 3. The molecule has 8 heteroatoms. The number of carbonyl (C=O) groups excluding carboxylic acids is 1. The molecule has 1 aliphatic rings. The van der Waals surface area contributed by atoms with Gasteiger partial charge in [0.1, 0.15) is 6.10 Å². The van der Waals surface area contributed by atoms with Crippen LogP contribution in [0.25, 0.3) is 5.69 Å². The summed E-state index contributed by atoms with van der Waals surface area (Å²) in [6, 6.07) is 4.81. The van der Waals surface area contributed by atoms with Crippen molar-refractivity contribution >= 4 is 11.6 Å². The van der Waals surface area contributed by atoms with Gasteiger partial charge in [-0.05, 0) is 31.0 Å².